The molecule has 0 radical (unpaired) electrons. The molecule has 3 aromatic carbocycles. The van der Waals surface area contributed by atoms with Gasteiger partial charge < -0.3 is 15.2 Å². The van der Waals surface area contributed by atoms with Crippen molar-refractivity contribution in [2.24, 2.45) is 0 Å². The summed E-state index contributed by atoms with van der Waals surface area (Å²) in [5.74, 6) is 0.545. The van der Waals surface area contributed by atoms with Crippen LogP contribution in [-0.2, 0) is 6.54 Å². The number of carbonyl (C=O) groups is 1. The summed E-state index contributed by atoms with van der Waals surface area (Å²) < 4.78 is 1.99. The number of para-hydroxylation sites is 1. The first-order valence-electron chi connectivity index (χ1n) is 11.2. The highest BCUT2D eigenvalue weighted by Gasteiger charge is 2.14. The van der Waals surface area contributed by atoms with Gasteiger partial charge in [-0.15, -0.1) is 0 Å². The van der Waals surface area contributed by atoms with E-state index in [0.29, 0.717) is 23.4 Å². The lowest BCUT2D eigenvalue weighted by Gasteiger charge is -2.13. The van der Waals surface area contributed by atoms with E-state index in [9.17, 15) is 4.79 Å². The molecule has 0 aliphatic heterocycles. The average Bonchev–Trinajstić information content (AvgIpc) is 3.41. The number of aryl methyl sites for hydroxylation is 1. The fraction of sp³-hybridized carbons (Fsp3) is 0.111. The van der Waals surface area contributed by atoms with Crippen LogP contribution >= 0.6 is 0 Å². The molecular weight excluding hydrogens is 424 g/mol. The first kappa shape index (κ1) is 21.3. The summed E-state index contributed by atoms with van der Waals surface area (Å²) in [4.78, 5) is 26.5. The van der Waals surface area contributed by atoms with E-state index in [1.165, 1.54) is 0 Å². The number of nitrogens with zero attached hydrogens (tertiary/aromatic N) is 4. The van der Waals surface area contributed by atoms with Crippen LogP contribution in [0.3, 0.4) is 0 Å². The van der Waals surface area contributed by atoms with Gasteiger partial charge in [0.05, 0.1) is 17.4 Å². The zero-order valence-electron chi connectivity index (χ0n) is 18.6. The quantitative estimate of drug-likeness (QED) is 0.324. The van der Waals surface area contributed by atoms with E-state index in [2.05, 4.69) is 15.6 Å². The minimum atomic E-state index is -0.123. The molecule has 0 spiro atoms. The highest BCUT2D eigenvalue weighted by Crippen LogP contribution is 2.29. The molecule has 1 amide bonds. The van der Waals surface area contributed by atoms with Gasteiger partial charge in [-0.3, -0.25) is 4.79 Å². The second-order valence-corrected chi connectivity index (χ2v) is 7.89. The van der Waals surface area contributed by atoms with Gasteiger partial charge in [0.1, 0.15) is 5.69 Å². The van der Waals surface area contributed by atoms with E-state index in [-0.39, 0.29) is 5.91 Å². The predicted molar refractivity (Wildman–Crippen MR) is 134 cm³/mol. The minimum absolute atomic E-state index is 0.123. The second kappa shape index (κ2) is 9.95. The molecule has 5 aromatic rings. The molecule has 0 atom stereocenters. The second-order valence-electron chi connectivity index (χ2n) is 7.89. The number of nitrogens with one attached hydrogen (secondary N) is 2. The Bertz CT molecular complexity index is 1390. The molecule has 0 fully saturated rings. The van der Waals surface area contributed by atoms with E-state index < -0.39 is 0 Å². The van der Waals surface area contributed by atoms with Crippen molar-refractivity contribution in [1.29, 1.82) is 0 Å². The van der Waals surface area contributed by atoms with Crippen LogP contribution in [-0.4, -0.2) is 32.0 Å². The zero-order chi connectivity index (χ0) is 23.2. The third-order valence-corrected chi connectivity index (χ3v) is 5.45. The molecule has 0 bridgehead atoms. The van der Waals surface area contributed by atoms with E-state index in [1.54, 1.807) is 24.7 Å². The van der Waals surface area contributed by atoms with Crippen molar-refractivity contribution in [3.63, 3.8) is 0 Å². The van der Waals surface area contributed by atoms with Crippen LogP contribution < -0.4 is 10.6 Å². The SMILES string of the molecule is O=C(NCCCn1ccnc1)c1ccc2nc(Nc3ccccc3)c(-c3ccccc3)nc2c1. The number of hydrogen-bond acceptors (Lipinski definition) is 5. The van der Waals surface area contributed by atoms with Gasteiger partial charge in [0.15, 0.2) is 5.82 Å². The molecule has 0 unspecified atom stereocenters. The van der Waals surface area contributed by atoms with E-state index in [1.807, 2.05) is 77.5 Å². The van der Waals surface area contributed by atoms with Gasteiger partial charge >= 0.3 is 0 Å². The van der Waals surface area contributed by atoms with Gasteiger partial charge in [-0.1, -0.05) is 48.5 Å². The van der Waals surface area contributed by atoms with Crippen LogP contribution in [0.15, 0.2) is 97.6 Å². The fourth-order valence-corrected chi connectivity index (χ4v) is 3.72. The molecule has 0 aliphatic rings. The van der Waals surface area contributed by atoms with Crippen LogP contribution in [0.1, 0.15) is 16.8 Å². The number of aromatic nitrogens is 4. The lowest BCUT2D eigenvalue weighted by molar-refractivity contribution is 0.0953. The molecule has 7 nitrogen and oxygen atoms in total. The Hall–Kier alpha value is -4.52. The lowest BCUT2D eigenvalue weighted by Crippen LogP contribution is -2.25. The normalized spacial score (nSPS) is 10.8. The number of fused-ring (bicyclic) bond motifs is 1. The Balaban J connectivity index is 1.40. The summed E-state index contributed by atoms with van der Waals surface area (Å²) in [6, 6.07) is 25.2. The summed E-state index contributed by atoms with van der Waals surface area (Å²) in [6.07, 6.45) is 6.26. The largest absolute Gasteiger partial charge is 0.352 e. The summed E-state index contributed by atoms with van der Waals surface area (Å²) in [6.45, 7) is 1.39. The van der Waals surface area contributed by atoms with E-state index >= 15 is 0 Å². The third-order valence-electron chi connectivity index (χ3n) is 5.45. The first-order valence-corrected chi connectivity index (χ1v) is 11.2. The molecule has 168 valence electrons. The van der Waals surface area contributed by atoms with Gasteiger partial charge in [-0.2, -0.15) is 0 Å². The van der Waals surface area contributed by atoms with E-state index in [0.717, 1.165) is 35.4 Å². The summed E-state index contributed by atoms with van der Waals surface area (Å²) >= 11 is 0. The Morgan fingerprint density at radius 1 is 0.882 bits per heavy atom. The highest BCUT2D eigenvalue weighted by atomic mass is 16.1. The minimum Gasteiger partial charge on any atom is -0.352 e. The summed E-state index contributed by atoms with van der Waals surface area (Å²) in [5.41, 5.74) is 4.56. The van der Waals surface area contributed by atoms with Gasteiger partial charge in [-0.25, -0.2) is 15.0 Å². The number of imidazole rings is 1. The average molecular weight is 449 g/mol. The van der Waals surface area contributed by atoms with Crippen LogP contribution in [0, 0.1) is 0 Å². The van der Waals surface area contributed by atoms with Crippen molar-refractivity contribution in [1.82, 2.24) is 24.8 Å². The van der Waals surface area contributed by atoms with Crippen molar-refractivity contribution < 1.29 is 4.79 Å². The topological polar surface area (TPSA) is 84.7 Å². The molecule has 7 heteroatoms. The molecule has 2 aromatic heterocycles. The van der Waals surface area contributed by atoms with Crippen LogP contribution in [0.5, 0.6) is 0 Å². The van der Waals surface area contributed by atoms with Crippen molar-refractivity contribution in [3.8, 4) is 11.3 Å². The maximum Gasteiger partial charge on any atom is 0.251 e. The maximum atomic E-state index is 12.7. The van der Waals surface area contributed by atoms with Crippen molar-refractivity contribution in [2.45, 2.75) is 13.0 Å². The van der Waals surface area contributed by atoms with Crippen LogP contribution in [0.2, 0.25) is 0 Å². The molecule has 5 rings (SSSR count). The van der Waals surface area contributed by atoms with Crippen molar-refractivity contribution in [2.75, 3.05) is 11.9 Å². The van der Waals surface area contributed by atoms with Crippen molar-refractivity contribution in [3.05, 3.63) is 103 Å². The molecule has 2 heterocycles. The molecule has 34 heavy (non-hydrogen) atoms. The highest BCUT2D eigenvalue weighted by molar-refractivity contribution is 5.98. The predicted octanol–water partition coefficient (Wildman–Crippen LogP) is 5.06. The number of hydrogen-bond donors (Lipinski definition) is 2. The van der Waals surface area contributed by atoms with Gasteiger partial charge in [0.2, 0.25) is 0 Å². The van der Waals surface area contributed by atoms with Gasteiger partial charge in [0.25, 0.3) is 5.91 Å². The Morgan fingerprint density at radius 3 is 2.44 bits per heavy atom. The molecule has 2 N–H and O–H groups in total. The summed E-state index contributed by atoms with van der Waals surface area (Å²) in [7, 11) is 0. The fourth-order valence-electron chi connectivity index (χ4n) is 3.72. The van der Waals surface area contributed by atoms with Gasteiger partial charge in [-0.05, 0) is 36.8 Å². The maximum absolute atomic E-state index is 12.7. The molecule has 0 saturated carbocycles. The molecule has 0 aliphatic carbocycles. The number of amides is 1. The van der Waals surface area contributed by atoms with Crippen molar-refractivity contribution >= 4 is 28.4 Å². The van der Waals surface area contributed by atoms with Crippen LogP contribution in [0.4, 0.5) is 11.5 Å². The molecular formula is C27H24N6O. The molecule has 0 saturated heterocycles. The first-order chi connectivity index (χ1) is 16.8. The smallest absolute Gasteiger partial charge is 0.251 e. The monoisotopic (exact) mass is 448 g/mol. The Kier molecular flexibility index (Phi) is 6.25. The number of benzene rings is 3. The zero-order valence-corrected chi connectivity index (χ0v) is 18.6. The van der Waals surface area contributed by atoms with Crippen LogP contribution in [0.25, 0.3) is 22.3 Å². The third kappa shape index (κ3) is 4.94. The lowest BCUT2D eigenvalue weighted by atomic mass is 10.1. The van der Waals surface area contributed by atoms with Gasteiger partial charge in [0, 0.05) is 42.3 Å². The summed E-state index contributed by atoms with van der Waals surface area (Å²) in [5, 5.41) is 6.37. The number of rotatable bonds is 8. The number of anilines is 2. The number of carbonyl (C=O) groups excluding carboxylic acids is 1. The Labute approximate surface area is 197 Å². The Morgan fingerprint density at radius 2 is 1.68 bits per heavy atom. The van der Waals surface area contributed by atoms with E-state index in [4.69, 9.17) is 9.97 Å². The standard InChI is InChI=1S/C27H24N6O/c34-27(29-14-7-16-33-17-15-28-19-33)21-12-13-23-24(18-21)31-25(20-8-3-1-4-9-20)26(32-23)30-22-10-5-2-6-11-22/h1-6,8-13,15,17-19H,7,14,16H2,(H,29,34)(H,30,32).